The van der Waals surface area contributed by atoms with Gasteiger partial charge in [0.25, 0.3) is 0 Å². The van der Waals surface area contributed by atoms with Gasteiger partial charge < -0.3 is 10.5 Å². The third-order valence-corrected chi connectivity index (χ3v) is 2.77. The van der Waals surface area contributed by atoms with Crippen LogP contribution in [0.4, 0.5) is 0 Å². The first-order valence-corrected chi connectivity index (χ1v) is 8.01. The minimum Gasteiger partial charge on any atom is -0.381 e. The van der Waals surface area contributed by atoms with Crippen LogP contribution in [0.5, 0.6) is 0 Å². The van der Waals surface area contributed by atoms with E-state index in [0.29, 0.717) is 12.7 Å². The molecule has 0 radical (unpaired) electrons. The normalized spacial score (nSPS) is 11.1. The van der Waals surface area contributed by atoms with Crippen molar-refractivity contribution in [1.82, 2.24) is 4.90 Å². The number of hydrogen-bond donors (Lipinski definition) is 1. The van der Waals surface area contributed by atoms with Gasteiger partial charge in [-0.1, -0.05) is 34.1 Å². The summed E-state index contributed by atoms with van der Waals surface area (Å²) in [5, 5.41) is 0. The molecule has 0 heterocycles. The predicted octanol–water partition coefficient (Wildman–Crippen LogP) is 3.87. The summed E-state index contributed by atoms with van der Waals surface area (Å²) < 4.78 is 5.59. The van der Waals surface area contributed by atoms with Gasteiger partial charge in [0.1, 0.15) is 0 Å². The van der Waals surface area contributed by atoms with Gasteiger partial charge in [-0.05, 0) is 39.0 Å². The SMILES string of the molecule is CC(C)CCCOCCCN(CN)C(C)C.CCC. The Balaban J connectivity index is 0. The molecule has 0 aromatic rings. The van der Waals surface area contributed by atoms with Crippen molar-refractivity contribution in [3.63, 3.8) is 0 Å². The Morgan fingerprint density at radius 3 is 1.95 bits per heavy atom. The fourth-order valence-corrected chi connectivity index (χ4v) is 1.63. The van der Waals surface area contributed by atoms with E-state index in [-0.39, 0.29) is 0 Å². The summed E-state index contributed by atoms with van der Waals surface area (Å²) in [7, 11) is 0. The monoisotopic (exact) mass is 274 g/mol. The fourth-order valence-electron chi connectivity index (χ4n) is 1.63. The van der Waals surface area contributed by atoms with Gasteiger partial charge in [0.15, 0.2) is 0 Å². The highest BCUT2D eigenvalue weighted by atomic mass is 16.5. The molecule has 3 nitrogen and oxygen atoms in total. The van der Waals surface area contributed by atoms with Crippen molar-refractivity contribution in [1.29, 1.82) is 0 Å². The van der Waals surface area contributed by atoms with Crippen molar-refractivity contribution < 1.29 is 4.74 Å². The van der Waals surface area contributed by atoms with Crippen molar-refractivity contribution in [3.8, 4) is 0 Å². The highest BCUT2D eigenvalue weighted by Crippen LogP contribution is 2.03. The highest BCUT2D eigenvalue weighted by molar-refractivity contribution is 4.59. The first-order chi connectivity index (χ1) is 8.99. The van der Waals surface area contributed by atoms with Gasteiger partial charge in [-0.2, -0.15) is 0 Å². The number of rotatable bonds is 10. The number of ether oxygens (including phenoxy) is 1. The molecule has 0 spiro atoms. The molecule has 118 valence electrons. The Labute approximate surface area is 121 Å². The van der Waals surface area contributed by atoms with Crippen molar-refractivity contribution >= 4 is 0 Å². The predicted molar refractivity (Wildman–Crippen MR) is 86.4 cm³/mol. The van der Waals surface area contributed by atoms with Crippen LogP contribution in [0, 0.1) is 5.92 Å². The molecular formula is C16H38N2O. The van der Waals surface area contributed by atoms with E-state index in [1.165, 1.54) is 19.3 Å². The molecule has 0 atom stereocenters. The molecule has 0 aliphatic carbocycles. The Bertz CT molecular complexity index is 161. The molecule has 0 rings (SSSR count). The lowest BCUT2D eigenvalue weighted by Crippen LogP contribution is -2.37. The van der Waals surface area contributed by atoms with E-state index in [0.717, 1.165) is 32.1 Å². The van der Waals surface area contributed by atoms with Crippen LogP contribution in [-0.2, 0) is 4.74 Å². The van der Waals surface area contributed by atoms with Crippen LogP contribution in [0.25, 0.3) is 0 Å². The van der Waals surface area contributed by atoms with Crippen LogP contribution >= 0.6 is 0 Å². The van der Waals surface area contributed by atoms with Gasteiger partial charge in [0.05, 0.1) is 0 Å². The van der Waals surface area contributed by atoms with Gasteiger partial charge in [0.2, 0.25) is 0 Å². The molecule has 19 heavy (non-hydrogen) atoms. The van der Waals surface area contributed by atoms with Crippen LogP contribution in [0.15, 0.2) is 0 Å². The Morgan fingerprint density at radius 1 is 1.00 bits per heavy atom. The second-order valence-electron chi connectivity index (χ2n) is 5.80. The van der Waals surface area contributed by atoms with E-state index in [4.69, 9.17) is 10.5 Å². The van der Waals surface area contributed by atoms with Crippen LogP contribution in [-0.4, -0.2) is 37.4 Å². The third kappa shape index (κ3) is 17.9. The summed E-state index contributed by atoms with van der Waals surface area (Å²) in [6.45, 7) is 16.6. The molecule has 0 unspecified atom stereocenters. The maximum Gasteiger partial charge on any atom is 0.0478 e. The molecule has 0 bridgehead atoms. The van der Waals surface area contributed by atoms with E-state index in [1.54, 1.807) is 0 Å². The molecule has 0 aromatic carbocycles. The minimum absolute atomic E-state index is 0.533. The second kappa shape index (κ2) is 15.9. The molecule has 3 heteroatoms. The third-order valence-electron chi connectivity index (χ3n) is 2.77. The summed E-state index contributed by atoms with van der Waals surface area (Å²) >= 11 is 0. The summed E-state index contributed by atoms with van der Waals surface area (Å²) in [6, 6.07) is 0.533. The van der Waals surface area contributed by atoms with E-state index >= 15 is 0 Å². The lowest BCUT2D eigenvalue weighted by molar-refractivity contribution is 0.111. The molecule has 2 N–H and O–H groups in total. The van der Waals surface area contributed by atoms with Gasteiger partial charge in [-0.25, -0.2) is 0 Å². The maximum absolute atomic E-state index is 5.65. The minimum atomic E-state index is 0.533. The molecule has 0 saturated carbocycles. The van der Waals surface area contributed by atoms with E-state index in [9.17, 15) is 0 Å². The number of nitrogens with zero attached hydrogens (tertiary/aromatic N) is 1. The number of hydrogen-bond acceptors (Lipinski definition) is 3. The molecule has 0 aromatic heterocycles. The first-order valence-electron chi connectivity index (χ1n) is 8.01. The lowest BCUT2D eigenvalue weighted by atomic mass is 10.1. The van der Waals surface area contributed by atoms with E-state index in [2.05, 4.69) is 46.4 Å². The van der Waals surface area contributed by atoms with Crippen molar-refractivity contribution in [3.05, 3.63) is 0 Å². The standard InChI is InChI=1S/C13H30N2O.C3H8/c1-12(2)7-5-9-16-10-6-8-15(11-14)13(3)4;1-3-2/h12-13H,5-11,14H2,1-4H3;3H2,1-2H3. The average Bonchev–Trinajstić information content (AvgIpc) is 2.33. The summed E-state index contributed by atoms with van der Waals surface area (Å²) in [5.74, 6) is 0.789. The smallest absolute Gasteiger partial charge is 0.0478 e. The van der Waals surface area contributed by atoms with Gasteiger partial charge >= 0.3 is 0 Å². The molecule has 0 amide bonds. The topological polar surface area (TPSA) is 38.5 Å². The molecular weight excluding hydrogens is 236 g/mol. The molecule has 0 fully saturated rings. The summed E-state index contributed by atoms with van der Waals surface area (Å²) in [5.41, 5.74) is 5.65. The average molecular weight is 274 g/mol. The van der Waals surface area contributed by atoms with Crippen molar-refractivity contribution in [2.24, 2.45) is 11.7 Å². The highest BCUT2D eigenvalue weighted by Gasteiger charge is 2.05. The Morgan fingerprint density at radius 2 is 1.53 bits per heavy atom. The summed E-state index contributed by atoms with van der Waals surface area (Å²) in [6.07, 6.45) is 4.78. The first kappa shape index (κ1) is 21.2. The Hall–Kier alpha value is -0.120. The van der Waals surface area contributed by atoms with Crippen LogP contribution in [0.1, 0.15) is 67.2 Å². The van der Waals surface area contributed by atoms with Gasteiger partial charge in [-0.15, -0.1) is 0 Å². The summed E-state index contributed by atoms with van der Waals surface area (Å²) in [4.78, 5) is 2.26. The second-order valence-corrected chi connectivity index (χ2v) is 5.80. The quantitative estimate of drug-likeness (QED) is 0.485. The fraction of sp³-hybridized carbons (Fsp3) is 1.00. The van der Waals surface area contributed by atoms with Crippen LogP contribution in [0.2, 0.25) is 0 Å². The zero-order valence-corrected chi connectivity index (χ0v) is 14.2. The Kier molecular flexibility index (Phi) is 17.8. The molecule has 0 aliphatic rings. The lowest BCUT2D eigenvalue weighted by Gasteiger charge is -2.24. The van der Waals surface area contributed by atoms with Gasteiger partial charge in [-0.3, -0.25) is 4.90 Å². The molecule has 0 saturated heterocycles. The van der Waals surface area contributed by atoms with E-state index < -0.39 is 0 Å². The van der Waals surface area contributed by atoms with E-state index in [1.807, 2.05) is 0 Å². The maximum atomic E-state index is 5.65. The van der Waals surface area contributed by atoms with Crippen LogP contribution in [0.3, 0.4) is 0 Å². The number of nitrogens with two attached hydrogens (primary N) is 1. The van der Waals surface area contributed by atoms with Gasteiger partial charge in [0, 0.05) is 32.5 Å². The van der Waals surface area contributed by atoms with Crippen LogP contribution < -0.4 is 5.73 Å². The molecule has 0 aliphatic heterocycles. The van der Waals surface area contributed by atoms with Crippen molar-refractivity contribution in [2.75, 3.05) is 26.4 Å². The largest absolute Gasteiger partial charge is 0.381 e. The zero-order valence-electron chi connectivity index (χ0n) is 14.2. The van der Waals surface area contributed by atoms with Crippen molar-refractivity contribution in [2.45, 2.75) is 73.3 Å². The zero-order chi connectivity index (χ0) is 15.1.